The number of halogens is 4. The second kappa shape index (κ2) is 30.3. The van der Waals surface area contributed by atoms with Crippen LogP contribution in [-0.2, 0) is 35.4 Å². The van der Waals surface area contributed by atoms with Crippen LogP contribution in [0.1, 0.15) is 93.1 Å². The quantitative estimate of drug-likeness (QED) is 0.0262. The maximum atomic E-state index is 11.2. The Hall–Kier alpha value is -5.79. The summed E-state index contributed by atoms with van der Waals surface area (Å²) in [7, 11) is 6.51. The Kier molecular flexibility index (Phi) is 26.6. The zero-order chi connectivity index (χ0) is 48.4. The van der Waals surface area contributed by atoms with Crippen molar-refractivity contribution in [2.24, 2.45) is 0 Å². The molecule has 344 valence electrons. The zero-order valence-electron chi connectivity index (χ0n) is 36.2. The SMILES string of the molecule is COC(=O)c1ccc(C)c(Cl)n1.COC(=O)c1ccc(C)c[n+]1O.COC(=O)c1ccc(C)cn1.COC(=O)c1ccc(CBr)c(Cl)n1.COC(=O)c1ccc(CCCCO)c(Cl)n1. The van der Waals surface area contributed by atoms with Gasteiger partial charge in [-0.2, -0.15) is 0 Å². The number of rotatable bonds is 10. The first-order valence-corrected chi connectivity index (χ1v) is 20.8. The Bertz CT molecular complexity index is 2320. The predicted molar refractivity (Wildman–Crippen MR) is 239 cm³/mol. The van der Waals surface area contributed by atoms with Crippen LogP contribution < -0.4 is 4.73 Å². The van der Waals surface area contributed by atoms with Crippen LogP contribution in [0.5, 0.6) is 0 Å². The molecule has 0 aliphatic rings. The number of carbonyl (C=O) groups excluding carboxylic acids is 5. The molecule has 0 saturated carbocycles. The molecule has 0 saturated heterocycles. The van der Waals surface area contributed by atoms with E-state index in [9.17, 15) is 29.2 Å². The van der Waals surface area contributed by atoms with Crippen LogP contribution in [0, 0.1) is 20.8 Å². The Labute approximate surface area is 393 Å². The van der Waals surface area contributed by atoms with Gasteiger partial charge >= 0.3 is 35.5 Å². The van der Waals surface area contributed by atoms with E-state index in [0.29, 0.717) is 26.5 Å². The van der Waals surface area contributed by atoms with Gasteiger partial charge in [0.1, 0.15) is 38.2 Å². The van der Waals surface area contributed by atoms with Crippen molar-refractivity contribution in [3.05, 3.63) is 145 Å². The fourth-order valence-electron chi connectivity index (χ4n) is 4.35. The lowest BCUT2D eigenvalue weighted by atomic mass is 10.1. The lowest BCUT2D eigenvalue weighted by molar-refractivity contribution is -0.906. The number of ether oxygens (including phenoxy) is 5. The molecule has 0 spiro atoms. The number of aliphatic hydroxyl groups excluding tert-OH is 1. The number of aryl methyl sites for hydroxylation is 4. The van der Waals surface area contributed by atoms with Gasteiger partial charge < -0.3 is 28.8 Å². The summed E-state index contributed by atoms with van der Waals surface area (Å²) in [6.07, 6.45) is 5.39. The molecule has 0 atom stereocenters. The van der Waals surface area contributed by atoms with Gasteiger partial charge in [-0.25, -0.2) is 43.9 Å². The second-order valence-electron chi connectivity index (χ2n) is 12.5. The first kappa shape index (κ1) is 56.2. The molecule has 17 nitrogen and oxygen atoms in total. The van der Waals surface area contributed by atoms with Gasteiger partial charge in [0.25, 0.3) is 0 Å². The van der Waals surface area contributed by atoms with Crippen LogP contribution >= 0.6 is 50.7 Å². The van der Waals surface area contributed by atoms with Gasteiger partial charge in [-0.1, -0.05) is 75.0 Å². The van der Waals surface area contributed by atoms with Gasteiger partial charge in [0.2, 0.25) is 6.20 Å². The zero-order valence-corrected chi connectivity index (χ0v) is 40.0. The summed E-state index contributed by atoms with van der Waals surface area (Å²) in [5.41, 5.74) is 5.56. The van der Waals surface area contributed by atoms with Crippen molar-refractivity contribution in [1.82, 2.24) is 19.9 Å². The number of esters is 5. The minimum Gasteiger partial charge on any atom is -0.464 e. The monoisotopic (exact) mass is 1010 g/mol. The second-order valence-corrected chi connectivity index (χ2v) is 14.2. The van der Waals surface area contributed by atoms with E-state index in [2.05, 4.69) is 59.6 Å². The Morgan fingerprint density at radius 2 is 1.02 bits per heavy atom. The molecule has 0 radical (unpaired) electrons. The molecule has 21 heteroatoms. The van der Waals surface area contributed by atoms with Gasteiger partial charge in [0.05, 0.1) is 35.5 Å². The minimum atomic E-state index is -0.558. The summed E-state index contributed by atoms with van der Waals surface area (Å²) in [4.78, 5) is 70.4. The van der Waals surface area contributed by atoms with Crippen molar-refractivity contribution in [2.45, 2.75) is 45.4 Å². The smallest absolute Gasteiger partial charge is 0.408 e. The summed E-state index contributed by atoms with van der Waals surface area (Å²) in [6.45, 7) is 5.71. The largest absolute Gasteiger partial charge is 0.464 e. The molecule has 2 N–H and O–H groups in total. The number of carbonyl (C=O) groups is 5. The van der Waals surface area contributed by atoms with E-state index >= 15 is 0 Å². The lowest BCUT2D eigenvalue weighted by Crippen LogP contribution is -2.37. The van der Waals surface area contributed by atoms with Crippen LogP contribution in [0.25, 0.3) is 0 Å². The average molecular weight is 1010 g/mol. The van der Waals surface area contributed by atoms with Crippen LogP contribution in [0.4, 0.5) is 0 Å². The standard InChI is InChI=1S/C11H14ClNO3.C8H7BrClNO2.C8H8ClNO2.C8H10NO3.C8H9NO2/c1-16-11(15)9-6-5-8(10(12)13-9)4-2-3-7-14;1-13-8(12)6-3-2-5(4-9)7(10)11-6;1-5-3-4-6(8(11)12-2)10-7(5)9;1-6-3-4-7(8(10)12-2)9(11)5-6;1-6-3-4-7(9-5-6)8(10)11-2/h5-6,14H,2-4,7H2,1H3;2-3H,4H2,1H3;3-4H,1-2H3;3-5,11H,1-2H3;3-5H,1-2H3/q;;;+1;. The van der Waals surface area contributed by atoms with E-state index in [1.165, 1.54) is 47.8 Å². The fraction of sp³-hybridized carbons (Fsp3) is 0.302. The summed E-state index contributed by atoms with van der Waals surface area (Å²) in [6, 6.07) is 16.6. The number of unbranched alkanes of at least 4 members (excludes halogenated alkanes) is 1. The van der Waals surface area contributed by atoms with Gasteiger partial charge in [-0.3, -0.25) is 5.21 Å². The average Bonchev–Trinajstić information content (AvgIpc) is 3.30. The maximum absolute atomic E-state index is 11.2. The molecule has 5 heterocycles. The third-order valence-electron chi connectivity index (χ3n) is 7.85. The normalized spacial score (nSPS) is 9.70. The van der Waals surface area contributed by atoms with Crippen molar-refractivity contribution in [3.8, 4) is 0 Å². The number of alkyl halides is 1. The number of aliphatic hydroxyl groups is 1. The summed E-state index contributed by atoms with van der Waals surface area (Å²) in [5, 5.41) is 19.4. The number of aromatic nitrogens is 5. The molecule has 0 unspecified atom stereocenters. The Balaban J connectivity index is 0.000000402. The topological polar surface area (TPSA) is 227 Å². The third-order valence-corrected chi connectivity index (χ3v) is 9.49. The van der Waals surface area contributed by atoms with E-state index in [1.54, 1.807) is 54.7 Å². The molecule has 0 aromatic carbocycles. The van der Waals surface area contributed by atoms with Gasteiger partial charge in [-0.15, -0.1) is 0 Å². The van der Waals surface area contributed by atoms with Crippen LogP contribution in [0.15, 0.2) is 73.1 Å². The molecule has 0 aliphatic carbocycles. The van der Waals surface area contributed by atoms with Crippen molar-refractivity contribution in [2.75, 3.05) is 42.2 Å². The number of hydrogen-bond donors (Lipinski definition) is 2. The summed E-state index contributed by atoms with van der Waals surface area (Å²) in [5.74, 6) is -2.41. The van der Waals surface area contributed by atoms with Gasteiger partial charge in [-0.05, 0) is 87.1 Å². The lowest BCUT2D eigenvalue weighted by Gasteiger charge is -2.04. The van der Waals surface area contributed by atoms with Gasteiger partial charge in [0, 0.05) is 40.1 Å². The van der Waals surface area contributed by atoms with Crippen molar-refractivity contribution >= 4 is 80.6 Å². The minimum absolute atomic E-state index is 0.114. The highest BCUT2D eigenvalue weighted by Crippen LogP contribution is 2.18. The summed E-state index contributed by atoms with van der Waals surface area (Å²) >= 11 is 20.7. The molecule has 5 aromatic heterocycles. The van der Waals surface area contributed by atoms with Crippen LogP contribution in [0.3, 0.4) is 0 Å². The predicted octanol–water partition coefficient (Wildman–Crippen LogP) is 7.57. The van der Waals surface area contributed by atoms with Crippen molar-refractivity contribution in [1.29, 1.82) is 0 Å². The van der Waals surface area contributed by atoms with Gasteiger partial charge in [0.15, 0.2) is 0 Å². The Morgan fingerprint density at radius 3 is 1.42 bits per heavy atom. The first-order chi connectivity index (χ1) is 30.4. The number of methoxy groups -OCH3 is 5. The van der Waals surface area contributed by atoms with Crippen LogP contribution in [-0.4, -0.2) is 102 Å². The summed E-state index contributed by atoms with van der Waals surface area (Å²) < 4.78 is 23.2. The van der Waals surface area contributed by atoms with E-state index in [-0.39, 0.29) is 29.4 Å². The maximum Gasteiger partial charge on any atom is 0.408 e. The van der Waals surface area contributed by atoms with E-state index in [4.69, 9.17) is 39.9 Å². The molecule has 0 amide bonds. The highest BCUT2D eigenvalue weighted by Gasteiger charge is 2.19. The third kappa shape index (κ3) is 19.7. The molecule has 5 rings (SSSR count). The first-order valence-electron chi connectivity index (χ1n) is 18.6. The molecular weight excluding hydrogens is 965 g/mol. The molecule has 0 aliphatic heterocycles. The van der Waals surface area contributed by atoms with Crippen molar-refractivity contribution < 1.29 is 62.7 Å². The van der Waals surface area contributed by atoms with Crippen LogP contribution in [0.2, 0.25) is 15.5 Å². The molecule has 64 heavy (non-hydrogen) atoms. The molecule has 0 bridgehead atoms. The number of pyridine rings is 5. The fourth-order valence-corrected chi connectivity index (χ4v) is 5.59. The Morgan fingerprint density at radius 1 is 0.578 bits per heavy atom. The highest BCUT2D eigenvalue weighted by molar-refractivity contribution is 9.08. The van der Waals surface area contributed by atoms with E-state index < -0.39 is 29.8 Å². The molecule has 0 fully saturated rings. The number of hydrogen-bond acceptors (Lipinski definition) is 16. The van der Waals surface area contributed by atoms with Crippen molar-refractivity contribution in [3.63, 3.8) is 0 Å². The van der Waals surface area contributed by atoms with E-state index in [0.717, 1.165) is 51.8 Å². The van der Waals surface area contributed by atoms with E-state index in [1.807, 2.05) is 26.8 Å². The number of nitrogens with zero attached hydrogens (tertiary/aromatic N) is 5. The molecule has 5 aromatic rings. The highest BCUT2D eigenvalue weighted by atomic mass is 79.9. The molecular formula is C43H48BrCl3N5O12+.